The van der Waals surface area contributed by atoms with E-state index in [0.29, 0.717) is 11.6 Å². The van der Waals surface area contributed by atoms with Crippen LogP contribution in [-0.2, 0) is 13.0 Å². The van der Waals surface area contributed by atoms with Gasteiger partial charge in [-0.2, -0.15) is 5.10 Å². The molecule has 0 atom stereocenters. The number of benzene rings is 2. The second-order valence-electron chi connectivity index (χ2n) is 5.39. The third-order valence-electron chi connectivity index (χ3n) is 3.75. The molecule has 23 heavy (non-hydrogen) atoms. The highest BCUT2D eigenvalue weighted by Gasteiger charge is 2.05. The van der Waals surface area contributed by atoms with Crippen molar-refractivity contribution in [1.29, 1.82) is 0 Å². The number of hydrogen-bond acceptors (Lipinski definition) is 2. The monoisotopic (exact) mass is 324 g/mol. The smallest absolute Gasteiger partial charge is 0.267 e. The van der Waals surface area contributed by atoms with Crippen LogP contribution in [0.15, 0.2) is 65.5 Å². The summed E-state index contributed by atoms with van der Waals surface area (Å²) in [5, 5.41) is 5.14. The topological polar surface area (TPSA) is 34.9 Å². The third kappa shape index (κ3) is 3.69. The van der Waals surface area contributed by atoms with Crippen molar-refractivity contribution in [3.8, 4) is 11.3 Å². The minimum Gasteiger partial charge on any atom is -0.268 e. The molecule has 0 fully saturated rings. The lowest BCUT2D eigenvalue weighted by Crippen LogP contribution is -2.22. The number of nitrogens with zero attached hydrogens (tertiary/aromatic N) is 2. The molecule has 1 heterocycles. The van der Waals surface area contributed by atoms with E-state index in [-0.39, 0.29) is 5.56 Å². The van der Waals surface area contributed by atoms with Gasteiger partial charge in [0.05, 0.1) is 12.2 Å². The molecular formula is C19H17ClN2O. The number of aromatic nitrogens is 2. The van der Waals surface area contributed by atoms with Gasteiger partial charge in [-0.25, -0.2) is 4.68 Å². The molecule has 0 N–H and O–H groups in total. The zero-order valence-electron chi connectivity index (χ0n) is 12.9. The maximum absolute atomic E-state index is 12.1. The summed E-state index contributed by atoms with van der Waals surface area (Å²) in [6.07, 6.45) is 1.00. The van der Waals surface area contributed by atoms with Crippen LogP contribution >= 0.6 is 11.6 Å². The molecule has 0 spiro atoms. The van der Waals surface area contributed by atoms with Crippen LogP contribution < -0.4 is 5.56 Å². The van der Waals surface area contributed by atoms with Crippen LogP contribution in [0, 0.1) is 0 Å². The highest BCUT2D eigenvalue weighted by molar-refractivity contribution is 6.30. The van der Waals surface area contributed by atoms with Crippen LogP contribution in [0.3, 0.4) is 0 Å². The highest BCUT2D eigenvalue weighted by atomic mass is 35.5. The van der Waals surface area contributed by atoms with E-state index >= 15 is 0 Å². The summed E-state index contributed by atoms with van der Waals surface area (Å²) in [6.45, 7) is 2.53. The SMILES string of the molecule is CCc1ccc(-c2ccc(=O)n(Cc3cccc(Cl)c3)n2)cc1. The second-order valence-corrected chi connectivity index (χ2v) is 5.83. The molecule has 0 amide bonds. The predicted octanol–water partition coefficient (Wildman–Crippen LogP) is 4.17. The van der Waals surface area contributed by atoms with E-state index in [1.165, 1.54) is 10.2 Å². The fourth-order valence-corrected chi connectivity index (χ4v) is 2.65. The first-order valence-corrected chi connectivity index (χ1v) is 7.95. The Labute approximate surface area is 140 Å². The summed E-state index contributed by atoms with van der Waals surface area (Å²) in [5.41, 5.74) is 3.89. The van der Waals surface area contributed by atoms with Crippen LogP contribution in [0.1, 0.15) is 18.1 Å². The van der Waals surface area contributed by atoms with Gasteiger partial charge in [0.2, 0.25) is 0 Å². The molecule has 116 valence electrons. The molecule has 2 aromatic carbocycles. The quantitative estimate of drug-likeness (QED) is 0.721. The van der Waals surface area contributed by atoms with E-state index in [1.54, 1.807) is 12.1 Å². The summed E-state index contributed by atoms with van der Waals surface area (Å²) in [6, 6.07) is 19.0. The van der Waals surface area contributed by atoms with Gasteiger partial charge < -0.3 is 0 Å². The van der Waals surface area contributed by atoms with Crippen molar-refractivity contribution in [3.05, 3.63) is 87.2 Å². The summed E-state index contributed by atoms with van der Waals surface area (Å²) >= 11 is 6.00. The Morgan fingerprint density at radius 3 is 2.48 bits per heavy atom. The summed E-state index contributed by atoms with van der Waals surface area (Å²) in [5.74, 6) is 0. The van der Waals surface area contributed by atoms with Crippen molar-refractivity contribution in [2.24, 2.45) is 0 Å². The van der Waals surface area contributed by atoms with Gasteiger partial charge in [0, 0.05) is 16.7 Å². The van der Waals surface area contributed by atoms with Gasteiger partial charge in [-0.3, -0.25) is 4.79 Å². The number of rotatable bonds is 4. The summed E-state index contributed by atoms with van der Waals surface area (Å²) in [7, 11) is 0. The summed E-state index contributed by atoms with van der Waals surface area (Å²) in [4.78, 5) is 12.1. The molecule has 0 saturated heterocycles. The first kappa shape index (κ1) is 15.5. The van der Waals surface area contributed by atoms with Crippen molar-refractivity contribution in [2.75, 3.05) is 0 Å². The molecule has 4 heteroatoms. The van der Waals surface area contributed by atoms with Gasteiger partial charge in [0.15, 0.2) is 0 Å². The van der Waals surface area contributed by atoms with Crippen LogP contribution in [0.5, 0.6) is 0 Å². The van der Waals surface area contributed by atoms with Gasteiger partial charge >= 0.3 is 0 Å². The number of hydrogen-bond donors (Lipinski definition) is 0. The first-order chi connectivity index (χ1) is 11.2. The average Bonchev–Trinajstić information content (AvgIpc) is 2.57. The molecule has 0 saturated carbocycles. The predicted molar refractivity (Wildman–Crippen MR) is 93.9 cm³/mol. The Morgan fingerprint density at radius 2 is 1.78 bits per heavy atom. The third-order valence-corrected chi connectivity index (χ3v) is 3.98. The summed E-state index contributed by atoms with van der Waals surface area (Å²) < 4.78 is 1.47. The highest BCUT2D eigenvalue weighted by Crippen LogP contribution is 2.17. The number of halogens is 1. The molecule has 3 aromatic rings. The lowest BCUT2D eigenvalue weighted by atomic mass is 10.1. The molecule has 0 radical (unpaired) electrons. The van der Waals surface area contributed by atoms with Crippen molar-refractivity contribution in [3.63, 3.8) is 0 Å². The van der Waals surface area contributed by atoms with E-state index in [9.17, 15) is 4.79 Å². The van der Waals surface area contributed by atoms with Crippen LogP contribution in [-0.4, -0.2) is 9.78 Å². The normalized spacial score (nSPS) is 10.7. The van der Waals surface area contributed by atoms with E-state index in [4.69, 9.17) is 11.6 Å². The molecule has 3 rings (SSSR count). The number of aryl methyl sites for hydroxylation is 1. The van der Waals surface area contributed by atoms with Crippen LogP contribution in [0.4, 0.5) is 0 Å². The van der Waals surface area contributed by atoms with Crippen LogP contribution in [0.25, 0.3) is 11.3 Å². The van der Waals surface area contributed by atoms with E-state index in [0.717, 1.165) is 23.2 Å². The molecule has 0 aliphatic rings. The largest absolute Gasteiger partial charge is 0.268 e. The molecule has 0 aliphatic heterocycles. The minimum absolute atomic E-state index is 0.126. The molecule has 1 aromatic heterocycles. The van der Waals surface area contributed by atoms with Crippen molar-refractivity contribution in [1.82, 2.24) is 9.78 Å². The van der Waals surface area contributed by atoms with Crippen molar-refractivity contribution in [2.45, 2.75) is 19.9 Å². The molecule has 3 nitrogen and oxygen atoms in total. The second kappa shape index (κ2) is 6.80. The Hall–Kier alpha value is -2.39. The molecule has 0 bridgehead atoms. The zero-order chi connectivity index (χ0) is 16.2. The van der Waals surface area contributed by atoms with E-state index in [1.807, 2.05) is 36.4 Å². The Morgan fingerprint density at radius 1 is 1.00 bits per heavy atom. The molecular weight excluding hydrogens is 308 g/mol. The Kier molecular flexibility index (Phi) is 4.58. The maximum Gasteiger partial charge on any atom is 0.267 e. The van der Waals surface area contributed by atoms with Crippen molar-refractivity contribution < 1.29 is 0 Å². The van der Waals surface area contributed by atoms with Gasteiger partial charge in [0.1, 0.15) is 0 Å². The molecule has 0 aliphatic carbocycles. The maximum atomic E-state index is 12.1. The van der Waals surface area contributed by atoms with Gasteiger partial charge in [-0.05, 0) is 35.7 Å². The first-order valence-electron chi connectivity index (χ1n) is 7.57. The van der Waals surface area contributed by atoms with E-state index in [2.05, 4.69) is 24.2 Å². The Bertz CT molecular complexity index is 869. The fourth-order valence-electron chi connectivity index (χ4n) is 2.44. The van der Waals surface area contributed by atoms with Crippen LogP contribution in [0.2, 0.25) is 5.02 Å². The molecule has 0 unspecified atom stereocenters. The zero-order valence-corrected chi connectivity index (χ0v) is 13.6. The Balaban J connectivity index is 1.93. The van der Waals surface area contributed by atoms with Crippen molar-refractivity contribution >= 4 is 11.6 Å². The standard InChI is InChI=1S/C19H17ClN2O/c1-2-14-6-8-16(9-7-14)18-10-11-19(23)22(21-18)13-15-4-3-5-17(20)12-15/h3-12H,2,13H2,1H3. The lowest BCUT2D eigenvalue weighted by Gasteiger charge is -2.08. The fraction of sp³-hybridized carbons (Fsp3) is 0.158. The van der Waals surface area contributed by atoms with Gasteiger partial charge in [0.25, 0.3) is 5.56 Å². The van der Waals surface area contributed by atoms with E-state index < -0.39 is 0 Å². The lowest BCUT2D eigenvalue weighted by molar-refractivity contribution is 0.643. The van der Waals surface area contributed by atoms with Gasteiger partial charge in [-0.1, -0.05) is 54.9 Å². The minimum atomic E-state index is -0.126. The van der Waals surface area contributed by atoms with Gasteiger partial charge in [-0.15, -0.1) is 0 Å². The average molecular weight is 325 g/mol.